The van der Waals surface area contributed by atoms with Crippen LogP contribution in [0.25, 0.3) is 0 Å². The topological polar surface area (TPSA) is 79.0 Å². The first kappa shape index (κ1) is 18.9. The zero-order valence-corrected chi connectivity index (χ0v) is 16.2. The number of nitrogens with zero attached hydrogens (tertiary/aromatic N) is 2. The van der Waals surface area contributed by atoms with Crippen molar-refractivity contribution in [3.8, 4) is 5.75 Å². The third-order valence-electron chi connectivity index (χ3n) is 6.29. The number of para-hydroxylation sites is 1. The van der Waals surface area contributed by atoms with Crippen molar-refractivity contribution < 1.29 is 19.1 Å². The molecule has 3 unspecified atom stereocenters. The molecule has 1 aromatic carbocycles. The highest BCUT2D eigenvalue weighted by Gasteiger charge is 2.49. The molecule has 7 nitrogen and oxygen atoms in total. The average molecular weight is 385 g/mol. The van der Waals surface area contributed by atoms with Gasteiger partial charge in [-0.15, -0.1) is 0 Å². The van der Waals surface area contributed by atoms with E-state index >= 15 is 0 Å². The number of hydrogen-bond acceptors (Lipinski definition) is 5. The van der Waals surface area contributed by atoms with Gasteiger partial charge in [-0.25, -0.2) is 0 Å². The van der Waals surface area contributed by atoms with Gasteiger partial charge in [0.15, 0.2) is 0 Å². The Kier molecular flexibility index (Phi) is 5.35. The van der Waals surface area contributed by atoms with Crippen LogP contribution in [-0.2, 0) is 14.4 Å². The van der Waals surface area contributed by atoms with Crippen LogP contribution in [-0.4, -0.2) is 60.8 Å². The monoisotopic (exact) mass is 385 g/mol. The summed E-state index contributed by atoms with van der Waals surface area (Å²) in [6, 6.07) is 7.47. The third kappa shape index (κ3) is 3.28. The van der Waals surface area contributed by atoms with Gasteiger partial charge in [-0.3, -0.25) is 19.3 Å². The van der Waals surface area contributed by atoms with Crippen molar-refractivity contribution in [2.24, 2.45) is 11.8 Å². The normalized spacial score (nSPS) is 27.7. The highest BCUT2D eigenvalue weighted by molar-refractivity contribution is 6.07. The fraction of sp³-hybridized carbons (Fsp3) is 0.571. The molecule has 0 spiro atoms. The minimum Gasteiger partial charge on any atom is -0.496 e. The average Bonchev–Trinajstić information content (AvgIpc) is 2.98. The second-order valence-electron chi connectivity index (χ2n) is 7.81. The highest BCUT2D eigenvalue weighted by Crippen LogP contribution is 2.38. The Labute approximate surface area is 165 Å². The lowest BCUT2D eigenvalue weighted by Gasteiger charge is -2.37. The molecule has 3 atom stereocenters. The largest absolute Gasteiger partial charge is 0.496 e. The molecular weight excluding hydrogens is 358 g/mol. The smallest absolute Gasteiger partial charge is 0.243 e. The Morgan fingerprint density at radius 2 is 1.82 bits per heavy atom. The number of carbonyl (C=O) groups excluding carboxylic acids is 3. The molecule has 4 rings (SSSR count). The van der Waals surface area contributed by atoms with Crippen LogP contribution in [0.2, 0.25) is 0 Å². The van der Waals surface area contributed by atoms with Crippen LogP contribution >= 0.6 is 0 Å². The number of likely N-dealkylation sites (tertiary alicyclic amines) is 1. The van der Waals surface area contributed by atoms with Gasteiger partial charge in [-0.2, -0.15) is 0 Å². The summed E-state index contributed by atoms with van der Waals surface area (Å²) in [6.45, 7) is 1.67. The second kappa shape index (κ2) is 7.91. The summed E-state index contributed by atoms with van der Waals surface area (Å²) >= 11 is 0. The van der Waals surface area contributed by atoms with Crippen LogP contribution in [0.3, 0.4) is 0 Å². The summed E-state index contributed by atoms with van der Waals surface area (Å²) in [5.74, 6) is -0.214. The van der Waals surface area contributed by atoms with Crippen LogP contribution in [0.15, 0.2) is 24.3 Å². The number of imide groups is 1. The van der Waals surface area contributed by atoms with E-state index in [2.05, 4.69) is 5.32 Å². The van der Waals surface area contributed by atoms with E-state index in [0.717, 1.165) is 37.0 Å². The molecule has 1 aromatic rings. The van der Waals surface area contributed by atoms with Crippen molar-refractivity contribution in [1.29, 1.82) is 0 Å². The molecule has 28 heavy (non-hydrogen) atoms. The number of benzene rings is 1. The number of piperazine rings is 1. The number of amides is 3. The molecule has 1 saturated carbocycles. The molecule has 2 aliphatic heterocycles. The van der Waals surface area contributed by atoms with Crippen molar-refractivity contribution in [1.82, 2.24) is 15.1 Å². The fourth-order valence-electron chi connectivity index (χ4n) is 4.84. The molecule has 3 aliphatic rings. The van der Waals surface area contributed by atoms with Crippen LogP contribution < -0.4 is 10.1 Å². The van der Waals surface area contributed by atoms with Crippen LogP contribution in [0.5, 0.6) is 5.75 Å². The summed E-state index contributed by atoms with van der Waals surface area (Å²) < 4.78 is 5.47. The first-order valence-electron chi connectivity index (χ1n) is 10.1. The number of hydrogen-bond donors (Lipinski definition) is 1. The van der Waals surface area contributed by atoms with Gasteiger partial charge in [-0.05, 0) is 18.9 Å². The molecule has 2 saturated heterocycles. The van der Waals surface area contributed by atoms with Crippen LogP contribution in [0.1, 0.15) is 37.3 Å². The lowest BCUT2D eigenvalue weighted by molar-refractivity contribution is -0.148. The Bertz CT molecular complexity index is 757. The number of carbonyl (C=O) groups is 3. The van der Waals surface area contributed by atoms with Crippen LogP contribution in [0.4, 0.5) is 0 Å². The van der Waals surface area contributed by atoms with E-state index in [9.17, 15) is 14.4 Å². The number of methoxy groups -OCH3 is 1. The van der Waals surface area contributed by atoms with Crippen molar-refractivity contribution >= 4 is 17.7 Å². The van der Waals surface area contributed by atoms with Crippen molar-refractivity contribution in [3.05, 3.63) is 29.8 Å². The molecule has 3 amide bonds. The van der Waals surface area contributed by atoms with Gasteiger partial charge in [0.25, 0.3) is 0 Å². The third-order valence-corrected chi connectivity index (χ3v) is 6.29. The Morgan fingerprint density at radius 3 is 2.50 bits per heavy atom. The molecule has 1 aliphatic carbocycles. The first-order chi connectivity index (χ1) is 13.6. The number of rotatable bonds is 4. The molecular formula is C21H27N3O4. The van der Waals surface area contributed by atoms with Crippen molar-refractivity contribution in [2.45, 2.75) is 31.7 Å². The van der Waals surface area contributed by atoms with E-state index in [-0.39, 0.29) is 42.1 Å². The first-order valence-corrected chi connectivity index (χ1v) is 10.1. The van der Waals surface area contributed by atoms with Gasteiger partial charge in [-0.1, -0.05) is 31.0 Å². The summed E-state index contributed by atoms with van der Waals surface area (Å²) in [5, 5.41) is 3.32. The highest BCUT2D eigenvalue weighted by atomic mass is 16.5. The van der Waals surface area contributed by atoms with E-state index < -0.39 is 0 Å². The zero-order chi connectivity index (χ0) is 19.7. The summed E-state index contributed by atoms with van der Waals surface area (Å²) in [5.41, 5.74) is 0.929. The standard InChI is InChI=1S/C21H27N3O4/c1-28-18-9-5-4-8-16(18)17-12-22-10-11-23(17)19(25)13-24-20(26)14-6-2-3-7-15(14)21(24)27/h4-5,8-9,14-15,17,22H,2-3,6-7,10-13H2,1H3. The SMILES string of the molecule is COc1ccccc1C1CNCCN1C(=O)CN1C(=O)C2CCCCC2C1=O. The maximum atomic E-state index is 13.1. The number of fused-ring (bicyclic) bond motifs is 1. The van der Waals surface area contributed by atoms with Gasteiger partial charge in [0.2, 0.25) is 17.7 Å². The maximum Gasteiger partial charge on any atom is 0.243 e. The molecule has 150 valence electrons. The summed E-state index contributed by atoms with van der Waals surface area (Å²) in [7, 11) is 1.62. The quantitative estimate of drug-likeness (QED) is 0.792. The van der Waals surface area contributed by atoms with Gasteiger partial charge in [0, 0.05) is 25.2 Å². The van der Waals surface area contributed by atoms with E-state index in [0.29, 0.717) is 19.6 Å². The predicted molar refractivity (Wildman–Crippen MR) is 102 cm³/mol. The molecule has 1 N–H and O–H groups in total. The van der Waals surface area contributed by atoms with Gasteiger partial charge >= 0.3 is 0 Å². The summed E-state index contributed by atoms with van der Waals surface area (Å²) in [4.78, 5) is 41.6. The van der Waals surface area contributed by atoms with Crippen molar-refractivity contribution in [2.75, 3.05) is 33.3 Å². The minimum absolute atomic E-state index is 0.156. The molecule has 0 radical (unpaired) electrons. The van der Waals surface area contributed by atoms with Crippen molar-refractivity contribution in [3.63, 3.8) is 0 Å². The van der Waals surface area contributed by atoms with E-state index in [1.807, 2.05) is 24.3 Å². The molecule has 0 bridgehead atoms. The van der Waals surface area contributed by atoms with E-state index in [4.69, 9.17) is 4.74 Å². The lowest BCUT2D eigenvalue weighted by Crippen LogP contribution is -2.52. The van der Waals surface area contributed by atoms with E-state index in [1.54, 1.807) is 12.0 Å². The van der Waals surface area contributed by atoms with Crippen LogP contribution in [0, 0.1) is 11.8 Å². The second-order valence-corrected chi connectivity index (χ2v) is 7.81. The summed E-state index contributed by atoms with van der Waals surface area (Å²) in [6.07, 6.45) is 3.49. The molecule has 2 heterocycles. The molecule has 3 fully saturated rings. The lowest BCUT2D eigenvalue weighted by atomic mass is 9.81. The Hall–Kier alpha value is -2.41. The Morgan fingerprint density at radius 1 is 1.14 bits per heavy atom. The number of ether oxygens (including phenoxy) is 1. The molecule has 7 heteroatoms. The molecule has 0 aromatic heterocycles. The van der Waals surface area contributed by atoms with E-state index in [1.165, 1.54) is 4.90 Å². The predicted octanol–water partition coefficient (Wildman–Crippen LogP) is 1.34. The zero-order valence-electron chi connectivity index (χ0n) is 16.2. The maximum absolute atomic E-state index is 13.1. The number of nitrogens with one attached hydrogen (secondary N) is 1. The van der Waals surface area contributed by atoms with Gasteiger partial charge < -0.3 is 15.0 Å². The van der Waals surface area contributed by atoms with Gasteiger partial charge in [0.1, 0.15) is 12.3 Å². The minimum atomic E-state index is -0.220. The fourth-order valence-corrected chi connectivity index (χ4v) is 4.84. The van der Waals surface area contributed by atoms with Gasteiger partial charge in [0.05, 0.1) is 25.0 Å². The Balaban J connectivity index is 1.53.